The minimum atomic E-state index is -1.88. The molecule has 0 aliphatic heterocycles. The van der Waals surface area contributed by atoms with E-state index in [9.17, 15) is 5.11 Å². The van der Waals surface area contributed by atoms with Crippen molar-refractivity contribution in [2.24, 2.45) is 0 Å². The van der Waals surface area contributed by atoms with E-state index in [4.69, 9.17) is 5.48 Å². The Labute approximate surface area is 70.1 Å². The summed E-state index contributed by atoms with van der Waals surface area (Å²) >= 11 is 0. The largest absolute Gasteiger partial charge is 0.393 e. The minimum absolute atomic E-state index is 0.218. The van der Waals surface area contributed by atoms with E-state index in [1.165, 1.54) is 6.92 Å². The van der Waals surface area contributed by atoms with Crippen LogP contribution < -0.4 is 0 Å². The predicted molar refractivity (Wildman–Crippen MR) is 45.1 cm³/mol. The van der Waals surface area contributed by atoms with Crippen LogP contribution in [0, 0.1) is 0 Å². The lowest BCUT2D eigenvalue weighted by atomic mass is 10.1. The van der Waals surface area contributed by atoms with Gasteiger partial charge in [0.25, 0.3) is 0 Å². The van der Waals surface area contributed by atoms with Gasteiger partial charge in [-0.25, -0.2) is 0 Å². The molecule has 0 amide bonds. The number of hydrogen-bond acceptors (Lipinski definition) is 1. The van der Waals surface area contributed by atoms with Crippen molar-refractivity contribution in [1.29, 1.82) is 0 Å². The first-order valence-corrected chi connectivity index (χ1v) is 3.90. The Morgan fingerprint density at radius 2 is 2.00 bits per heavy atom. The van der Waals surface area contributed by atoms with Crippen molar-refractivity contribution in [3.8, 4) is 0 Å². The Morgan fingerprint density at radius 3 is 2.50 bits per heavy atom. The van der Waals surface area contributed by atoms with Crippen LogP contribution in [0.2, 0.25) is 0 Å². The third-order valence-electron chi connectivity index (χ3n) is 1.39. The van der Waals surface area contributed by atoms with Crippen LogP contribution in [0.5, 0.6) is 0 Å². The van der Waals surface area contributed by atoms with Crippen molar-refractivity contribution in [2.75, 3.05) is 0 Å². The summed E-state index contributed by atoms with van der Waals surface area (Å²) in [4.78, 5) is 0. The van der Waals surface area contributed by atoms with Gasteiger partial charge in [0, 0.05) is 5.48 Å². The molecule has 0 bridgehead atoms. The molecule has 0 aliphatic carbocycles. The van der Waals surface area contributed by atoms with E-state index < -0.39 is 18.8 Å². The first-order valence-electron chi connectivity index (χ1n) is 5.90. The van der Waals surface area contributed by atoms with Crippen molar-refractivity contribution in [1.82, 2.24) is 0 Å². The van der Waals surface area contributed by atoms with Gasteiger partial charge in [0.1, 0.15) is 0 Å². The maximum absolute atomic E-state index is 9.46. The highest BCUT2D eigenvalue weighted by molar-refractivity contribution is 4.51. The highest BCUT2D eigenvalue weighted by Gasteiger charge is 1.98. The smallest absolute Gasteiger partial charge is 0.0537 e. The molecule has 0 spiro atoms. The van der Waals surface area contributed by atoms with E-state index >= 15 is 0 Å². The van der Waals surface area contributed by atoms with Crippen LogP contribution in [0.1, 0.15) is 57.8 Å². The number of rotatable bonds is 6. The van der Waals surface area contributed by atoms with E-state index in [1.54, 1.807) is 0 Å². The van der Waals surface area contributed by atoms with Gasteiger partial charge in [-0.3, -0.25) is 0 Å². The Bertz CT molecular complexity index is 165. The fourth-order valence-electron chi connectivity index (χ4n) is 0.716. The molecular formula is C9H20O. The molecule has 1 nitrogen and oxygen atoms in total. The molecule has 0 heterocycles. The van der Waals surface area contributed by atoms with Gasteiger partial charge in [-0.15, -0.1) is 0 Å². The van der Waals surface area contributed by atoms with Crippen LogP contribution in [0.25, 0.3) is 0 Å². The number of unbranched alkanes of at least 4 members (excludes halogenated alkanes) is 2. The normalized spacial score (nSPS) is 22.3. The predicted octanol–water partition coefficient (Wildman–Crippen LogP) is 2.73. The summed E-state index contributed by atoms with van der Waals surface area (Å²) in [7, 11) is 0. The van der Waals surface area contributed by atoms with Gasteiger partial charge in [0.15, 0.2) is 0 Å². The van der Waals surface area contributed by atoms with Crippen LogP contribution in [-0.4, -0.2) is 11.2 Å². The van der Waals surface area contributed by atoms with E-state index in [0.29, 0.717) is 6.42 Å². The van der Waals surface area contributed by atoms with E-state index in [2.05, 4.69) is 0 Å². The zero-order valence-corrected chi connectivity index (χ0v) is 6.85. The Hall–Kier alpha value is -0.0400. The molecule has 0 aromatic heterocycles. The molecule has 0 aliphatic rings. The van der Waals surface area contributed by atoms with E-state index in [0.717, 1.165) is 12.8 Å². The van der Waals surface area contributed by atoms with Crippen molar-refractivity contribution in [2.45, 2.75) is 58.4 Å². The Balaban J connectivity index is 4.16. The van der Waals surface area contributed by atoms with Crippen molar-refractivity contribution in [3.63, 3.8) is 0 Å². The first-order chi connectivity index (χ1) is 6.22. The second-order valence-corrected chi connectivity index (χ2v) is 2.35. The fourth-order valence-corrected chi connectivity index (χ4v) is 0.716. The molecule has 0 fully saturated rings. The van der Waals surface area contributed by atoms with Crippen LogP contribution in [0.3, 0.4) is 0 Å². The zero-order chi connectivity index (χ0) is 11.4. The van der Waals surface area contributed by atoms with Gasteiger partial charge in [-0.1, -0.05) is 39.5 Å². The number of aliphatic hydroxyl groups is 1. The maximum atomic E-state index is 9.46. The zero-order valence-electron chi connectivity index (χ0n) is 10.9. The molecule has 1 atom stereocenters. The molecule has 0 aromatic carbocycles. The lowest BCUT2D eigenvalue weighted by Crippen LogP contribution is -2.03. The monoisotopic (exact) mass is 148 g/mol. The topological polar surface area (TPSA) is 20.2 Å². The third-order valence-corrected chi connectivity index (χ3v) is 1.39. The van der Waals surface area contributed by atoms with Gasteiger partial charge in [-0.2, -0.15) is 0 Å². The Kier molecular flexibility index (Phi) is 3.37. The lowest BCUT2D eigenvalue weighted by molar-refractivity contribution is 0.156. The minimum Gasteiger partial charge on any atom is -0.393 e. The van der Waals surface area contributed by atoms with Crippen molar-refractivity contribution < 1.29 is 10.6 Å². The molecule has 0 radical (unpaired) electrons. The van der Waals surface area contributed by atoms with Crippen molar-refractivity contribution in [3.05, 3.63) is 0 Å². The van der Waals surface area contributed by atoms with Gasteiger partial charge in [-0.05, 0) is 12.7 Å². The number of hydrogen-bond donors (Lipinski definition) is 1. The van der Waals surface area contributed by atoms with E-state index in [1.807, 2.05) is 6.92 Å². The summed E-state index contributed by atoms with van der Waals surface area (Å²) in [6.45, 7) is 3.22. The second-order valence-electron chi connectivity index (χ2n) is 2.35. The standard InChI is InChI=1S/C9H20O/c1-3-5-6-7-8-9(10)4-2/h9-10H,3-8H2,1-2H3/t9-/m1/s1/i4D2,8D2. The summed E-state index contributed by atoms with van der Waals surface area (Å²) < 4.78 is 29.6. The molecular weight excluding hydrogens is 124 g/mol. The third kappa shape index (κ3) is 6.09. The summed E-state index contributed by atoms with van der Waals surface area (Å²) in [5, 5.41) is 9.46. The maximum Gasteiger partial charge on any atom is 0.0537 e. The first kappa shape index (κ1) is 4.76. The molecule has 1 heteroatoms. The quantitative estimate of drug-likeness (QED) is 0.574. The van der Waals surface area contributed by atoms with Crippen molar-refractivity contribution >= 4 is 0 Å². The van der Waals surface area contributed by atoms with E-state index in [-0.39, 0.29) is 6.42 Å². The lowest BCUT2D eigenvalue weighted by Gasteiger charge is -2.05. The second kappa shape index (κ2) is 7.07. The molecule has 0 unspecified atom stereocenters. The van der Waals surface area contributed by atoms with Gasteiger partial charge >= 0.3 is 0 Å². The molecule has 1 N–H and O–H groups in total. The average molecular weight is 148 g/mol. The van der Waals surface area contributed by atoms with Gasteiger partial charge in [0.2, 0.25) is 0 Å². The molecule has 10 heavy (non-hydrogen) atoms. The van der Waals surface area contributed by atoms with Crippen LogP contribution in [0.15, 0.2) is 0 Å². The van der Waals surface area contributed by atoms with Gasteiger partial charge in [0.05, 0.1) is 6.10 Å². The molecule has 0 aromatic rings. The molecule has 0 saturated carbocycles. The highest BCUT2D eigenvalue weighted by atomic mass is 16.3. The summed E-state index contributed by atoms with van der Waals surface area (Å²) in [6, 6.07) is 0. The molecule has 0 rings (SSSR count). The van der Waals surface area contributed by atoms with Crippen LogP contribution in [0.4, 0.5) is 0 Å². The Morgan fingerprint density at radius 1 is 1.30 bits per heavy atom. The SMILES string of the molecule is [2H]C([2H])(C)[C@@H](O)C([2H])([2H])CCCCC. The summed E-state index contributed by atoms with van der Waals surface area (Å²) in [5.74, 6) is 0. The highest BCUT2D eigenvalue weighted by Crippen LogP contribution is 2.06. The summed E-state index contributed by atoms with van der Waals surface area (Å²) in [6.07, 6.45) is -2.44. The van der Waals surface area contributed by atoms with Gasteiger partial charge < -0.3 is 5.11 Å². The fraction of sp³-hybridized carbons (Fsp3) is 1.00. The summed E-state index contributed by atoms with van der Waals surface area (Å²) in [5.41, 5.74) is 0. The number of aliphatic hydroxyl groups excluding tert-OH is 1. The molecule has 62 valence electrons. The average Bonchev–Trinajstić information content (AvgIpc) is 2.01. The molecule has 0 saturated heterocycles. The van der Waals surface area contributed by atoms with Crippen LogP contribution >= 0.6 is 0 Å². The van der Waals surface area contributed by atoms with Crippen LogP contribution in [-0.2, 0) is 0 Å².